The summed E-state index contributed by atoms with van der Waals surface area (Å²) < 4.78 is 5.27. The number of nitrogens with zero attached hydrogens (tertiary/aromatic N) is 1. The minimum atomic E-state index is -1.28. The molecule has 0 heterocycles. The number of aryl methyl sites for hydroxylation is 2. The van der Waals surface area contributed by atoms with Crippen LogP contribution in [0.15, 0.2) is 42.5 Å². The molecule has 1 fully saturated rings. The highest BCUT2D eigenvalue weighted by atomic mass is 35.5. The van der Waals surface area contributed by atoms with Crippen LogP contribution < -0.4 is 10.6 Å². The second-order valence-electron chi connectivity index (χ2n) is 10.0. The molecule has 0 bridgehead atoms. The van der Waals surface area contributed by atoms with Crippen LogP contribution in [0.5, 0.6) is 0 Å². The first kappa shape index (κ1) is 27.5. The molecule has 0 aliphatic heterocycles. The SMILES string of the molecule is Cc1ccccc1C(C(=O)Nc1c(C)cccc1Cl)N(C(=O)C(CO)NC(=O)OC(C)(C)C)C1CC1. The van der Waals surface area contributed by atoms with Crippen molar-refractivity contribution >= 4 is 35.2 Å². The van der Waals surface area contributed by atoms with Crippen LogP contribution in [0.1, 0.15) is 56.3 Å². The molecule has 0 radical (unpaired) electrons. The maximum Gasteiger partial charge on any atom is 0.408 e. The largest absolute Gasteiger partial charge is 0.444 e. The zero-order valence-electron chi connectivity index (χ0n) is 21.3. The monoisotopic (exact) mass is 515 g/mol. The molecular formula is C27H34ClN3O5. The Morgan fingerprint density at radius 2 is 1.72 bits per heavy atom. The van der Waals surface area contributed by atoms with Gasteiger partial charge in [0.15, 0.2) is 0 Å². The van der Waals surface area contributed by atoms with Gasteiger partial charge in [0.2, 0.25) is 5.91 Å². The van der Waals surface area contributed by atoms with Crippen LogP contribution in [0, 0.1) is 13.8 Å². The third kappa shape index (κ3) is 6.77. The van der Waals surface area contributed by atoms with Crippen molar-refractivity contribution < 1.29 is 24.2 Å². The smallest absolute Gasteiger partial charge is 0.408 e. The van der Waals surface area contributed by atoms with Crippen molar-refractivity contribution in [3.8, 4) is 0 Å². The summed E-state index contributed by atoms with van der Waals surface area (Å²) in [6, 6.07) is 10.2. The van der Waals surface area contributed by atoms with Crippen molar-refractivity contribution in [2.45, 2.75) is 71.2 Å². The van der Waals surface area contributed by atoms with Crippen molar-refractivity contribution in [2.75, 3.05) is 11.9 Å². The minimum absolute atomic E-state index is 0.213. The van der Waals surface area contributed by atoms with E-state index in [0.717, 1.165) is 11.1 Å². The summed E-state index contributed by atoms with van der Waals surface area (Å²) in [5.41, 5.74) is 1.95. The molecule has 3 N–H and O–H groups in total. The molecule has 0 spiro atoms. The fourth-order valence-electron chi connectivity index (χ4n) is 3.98. The van der Waals surface area contributed by atoms with E-state index in [9.17, 15) is 19.5 Å². The van der Waals surface area contributed by atoms with Crippen molar-refractivity contribution in [3.63, 3.8) is 0 Å². The van der Waals surface area contributed by atoms with Gasteiger partial charge in [-0.05, 0) is 70.2 Å². The molecule has 9 heteroatoms. The Morgan fingerprint density at radius 3 is 2.28 bits per heavy atom. The Hall–Kier alpha value is -3.10. The highest BCUT2D eigenvalue weighted by Gasteiger charge is 2.44. The molecule has 194 valence electrons. The van der Waals surface area contributed by atoms with E-state index in [0.29, 0.717) is 29.1 Å². The lowest BCUT2D eigenvalue weighted by atomic mass is 9.97. The number of anilines is 1. The quantitative estimate of drug-likeness (QED) is 0.479. The number of halogens is 1. The van der Waals surface area contributed by atoms with Crippen LogP contribution in [0.2, 0.25) is 5.02 Å². The minimum Gasteiger partial charge on any atom is -0.444 e. The number of carbonyl (C=O) groups excluding carboxylic acids is 3. The van der Waals surface area contributed by atoms with Crippen molar-refractivity contribution in [3.05, 3.63) is 64.2 Å². The molecule has 1 saturated carbocycles. The molecule has 3 rings (SSSR count). The number of carbonyl (C=O) groups is 3. The third-order valence-electron chi connectivity index (χ3n) is 5.85. The summed E-state index contributed by atoms with van der Waals surface area (Å²) in [5.74, 6) is -1.00. The number of nitrogens with one attached hydrogen (secondary N) is 2. The average Bonchev–Trinajstić information content (AvgIpc) is 3.62. The maximum absolute atomic E-state index is 13.8. The molecule has 0 aromatic heterocycles. The van der Waals surface area contributed by atoms with E-state index in [1.165, 1.54) is 4.90 Å². The van der Waals surface area contributed by atoms with Gasteiger partial charge in [-0.1, -0.05) is 48.0 Å². The summed E-state index contributed by atoms with van der Waals surface area (Å²) >= 11 is 6.37. The lowest BCUT2D eigenvalue weighted by molar-refractivity contribution is -0.142. The fourth-order valence-corrected chi connectivity index (χ4v) is 4.25. The Bertz CT molecular complexity index is 1110. The van der Waals surface area contributed by atoms with E-state index in [4.69, 9.17) is 16.3 Å². The van der Waals surface area contributed by atoms with Gasteiger partial charge in [0.1, 0.15) is 17.7 Å². The molecule has 0 saturated heterocycles. The molecule has 8 nitrogen and oxygen atoms in total. The van der Waals surface area contributed by atoms with Crippen LogP contribution in [-0.2, 0) is 14.3 Å². The van der Waals surface area contributed by atoms with Crippen LogP contribution >= 0.6 is 11.6 Å². The zero-order chi connectivity index (χ0) is 26.6. The van der Waals surface area contributed by atoms with Crippen molar-refractivity contribution in [1.82, 2.24) is 10.2 Å². The first-order valence-electron chi connectivity index (χ1n) is 12.0. The Labute approximate surface area is 217 Å². The number of hydrogen-bond donors (Lipinski definition) is 3. The Balaban J connectivity index is 1.99. The molecular weight excluding hydrogens is 482 g/mol. The van der Waals surface area contributed by atoms with E-state index >= 15 is 0 Å². The van der Waals surface area contributed by atoms with Gasteiger partial charge in [-0.2, -0.15) is 0 Å². The predicted octanol–water partition coefficient (Wildman–Crippen LogP) is 4.51. The number of amides is 3. The average molecular weight is 516 g/mol. The summed E-state index contributed by atoms with van der Waals surface area (Å²) in [4.78, 5) is 41.4. The van der Waals surface area contributed by atoms with Gasteiger partial charge in [0.05, 0.1) is 17.3 Å². The standard InChI is InChI=1S/C27H34ClN3O5/c1-16-9-6-7-11-19(16)23(24(33)30-22-17(2)10-8-12-20(22)28)31(18-13-14-18)25(34)21(15-32)29-26(35)36-27(3,4)5/h6-12,18,21,23,32H,13-15H2,1-5H3,(H,29,35)(H,30,33). The third-order valence-corrected chi connectivity index (χ3v) is 6.16. The Kier molecular flexibility index (Phi) is 8.63. The molecule has 36 heavy (non-hydrogen) atoms. The second-order valence-corrected chi connectivity index (χ2v) is 10.4. The first-order valence-corrected chi connectivity index (χ1v) is 12.3. The van der Waals surface area contributed by atoms with Crippen molar-refractivity contribution in [2.24, 2.45) is 0 Å². The highest BCUT2D eigenvalue weighted by Crippen LogP contribution is 2.37. The van der Waals surface area contributed by atoms with Gasteiger partial charge in [-0.25, -0.2) is 4.79 Å². The number of aliphatic hydroxyl groups is 1. The van der Waals surface area contributed by atoms with E-state index in [2.05, 4.69) is 10.6 Å². The van der Waals surface area contributed by atoms with Gasteiger partial charge < -0.3 is 25.4 Å². The van der Waals surface area contributed by atoms with E-state index in [1.807, 2.05) is 32.0 Å². The summed E-state index contributed by atoms with van der Waals surface area (Å²) in [6.45, 7) is 8.17. The highest BCUT2D eigenvalue weighted by molar-refractivity contribution is 6.34. The fraction of sp³-hybridized carbons (Fsp3) is 0.444. The van der Waals surface area contributed by atoms with Gasteiger partial charge >= 0.3 is 6.09 Å². The normalized spacial score (nSPS) is 15.0. The predicted molar refractivity (Wildman–Crippen MR) is 139 cm³/mol. The van der Waals surface area contributed by atoms with E-state index < -0.39 is 42.2 Å². The lowest BCUT2D eigenvalue weighted by Crippen LogP contribution is -2.54. The summed E-state index contributed by atoms with van der Waals surface area (Å²) in [6.07, 6.45) is 0.586. The second kappa shape index (κ2) is 11.3. The van der Waals surface area contributed by atoms with Crippen molar-refractivity contribution in [1.29, 1.82) is 0 Å². The van der Waals surface area contributed by atoms with E-state index in [-0.39, 0.29) is 6.04 Å². The lowest BCUT2D eigenvalue weighted by Gasteiger charge is -2.35. The van der Waals surface area contributed by atoms with Gasteiger partial charge in [0, 0.05) is 6.04 Å². The number of rotatable bonds is 8. The zero-order valence-corrected chi connectivity index (χ0v) is 22.1. The van der Waals surface area contributed by atoms with Crippen LogP contribution in [0.25, 0.3) is 0 Å². The number of benzene rings is 2. The molecule has 2 unspecified atom stereocenters. The topological polar surface area (TPSA) is 108 Å². The molecule has 1 aliphatic carbocycles. The van der Waals surface area contributed by atoms with Gasteiger partial charge in [0.25, 0.3) is 5.91 Å². The number of para-hydroxylation sites is 1. The summed E-state index contributed by atoms with van der Waals surface area (Å²) in [7, 11) is 0. The van der Waals surface area contributed by atoms with Crippen LogP contribution in [-0.4, -0.2) is 52.2 Å². The number of hydrogen-bond acceptors (Lipinski definition) is 5. The van der Waals surface area contributed by atoms with Crippen LogP contribution in [0.4, 0.5) is 10.5 Å². The van der Waals surface area contributed by atoms with Crippen LogP contribution in [0.3, 0.4) is 0 Å². The first-order chi connectivity index (χ1) is 16.9. The molecule has 2 atom stereocenters. The molecule has 1 aliphatic rings. The number of alkyl carbamates (subject to hydrolysis) is 1. The number of ether oxygens (including phenoxy) is 1. The van der Waals surface area contributed by atoms with Gasteiger partial charge in [-0.15, -0.1) is 0 Å². The molecule has 2 aromatic carbocycles. The molecule has 3 amide bonds. The number of aliphatic hydroxyl groups excluding tert-OH is 1. The van der Waals surface area contributed by atoms with Gasteiger partial charge in [-0.3, -0.25) is 9.59 Å². The van der Waals surface area contributed by atoms with E-state index in [1.54, 1.807) is 45.0 Å². The maximum atomic E-state index is 13.8. The summed E-state index contributed by atoms with van der Waals surface area (Å²) in [5, 5.41) is 15.8. The Morgan fingerprint density at radius 1 is 1.08 bits per heavy atom. The molecule has 2 aromatic rings.